The van der Waals surface area contributed by atoms with Gasteiger partial charge in [-0.15, -0.1) is 0 Å². The first kappa shape index (κ1) is 11.0. The monoisotopic (exact) mass is 247 g/mol. The van der Waals surface area contributed by atoms with Gasteiger partial charge in [-0.25, -0.2) is 0 Å². The molecule has 90 valence electrons. The first-order chi connectivity index (χ1) is 8.36. The van der Waals surface area contributed by atoms with Crippen molar-refractivity contribution in [2.45, 2.75) is 12.5 Å². The van der Waals surface area contributed by atoms with Crippen molar-refractivity contribution in [2.24, 2.45) is 16.6 Å². The van der Waals surface area contributed by atoms with E-state index in [-0.39, 0.29) is 0 Å². The van der Waals surface area contributed by atoms with Gasteiger partial charge in [-0.05, 0) is 36.0 Å². The van der Waals surface area contributed by atoms with Crippen LogP contribution in [0.2, 0.25) is 0 Å². The molecule has 0 amide bonds. The number of rotatable bonds is 2. The molecular weight excluding hydrogens is 230 g/mol. The van der Waals surface area contributed by atoms with Crippen LogP contribution in [0.3, 0.4) is 0 Å². The van der Waals surface area contributed by atoms with Crippen molar-refractivity contribution in [3.05, 3.63) is 30.3 Å². The molecule has 2 aliphatic heterocycles. The normalized spacial score (nSPS) is 28.5. The lowest BCUT2D eigenvalue weighted by Gasteiger charge is -2.30. The number of nitrogens with zero attached hydrogens (tertiary/aromatic N) is 2. The van der Waals surface area contributed by atoms with Crippen molar-refractivity contribution >= 4 is 23.4 Å². The summed E-state index contributed by atoms with van der Waals surface area (Å²) < 4.78 is 0. The van der Waals surface area contributed by atoms with Gasteiger partial charge in [-0.2, -0.15) is 11.8 Å². The van der Waals surface area contributed by atoms with Crippen LogP contribution in [0, 0.1) is 5.92 Å². The lowest BCUT2D eigenvalue weighted by atomic mass is 9.98. The third-order valence-electron chi connectivity index (χ3n) is 3.56. The van der Waals surface area contributed by atoms with Gasteiger partial charge in [0.15, 0.2) is 5.96 Å². The number of anilines is 1. The Labute approximate surface area is 106 Å². The Kier molecular flexibility index (Phi) is 2.97. The highest BCUT2D eigenvalue weighted by Crippen LogP contribution is 2.33. The maximum atomic E-state index is 6.04. The average molecular weight is 247 g/mol. The van der Waals surface area contributed by atoms with Crippen molar-refractivity contribution in [1.29, 1.82) is 0 Å². The van der Waals surface area contributed by atoms with Gasteiger partial charge in [-0.1, -0.05) is 18.2 Å². The number of benzene rings is 1. The molecule has 2 atom stereocenters. The minimum absolute atomic E-state index is 0.465. The molecule has 1 fully saturated rings. The molecule has 1 aromatic carbocycles. The number of guanidine groups is 1. The van der Waals surface area contributed by atoms with Gasteiger partial charge in [0.2, 0.25) is 0 Å². The van der Waals surface area contributed by atoms with Crippen LogP contribution >= 0.6 is 11.8 Å². The summed E-state index contributed by atoms with van der Waals surface area (Å²) >= 11 is 2.05. The molecule has 4 heteroatoms. The van der Waals surface area contributed by atoms with E-state index in [1.807, 2.05) is 17.8 Å². The molecule has 2 aliphatic rings. The second kappa shape index (κ2) is 4.61. The largest absolute Gasteiger partial charge is 0.370 e. The summed E-state index contributed by atoms with van der Waals surface area (Å²) in [7, 11) is 0. The summed E-state index contributed by atoms with van der Waals surface area (Å²) in [5, 5.41) is 0. The highest BCUT2D eigenvalue weighted by molar-refractivity contribution is 7.99. The summed E-state index contributed by atoms with van der Waals surface area (Å²) in [6.07, 6.45) is 1.29. The number of hydrogen-bond donors (Lipinski definition) is 1. The predicted molar refractivity (Wildman–Crippen MR) is 74.6 cm³/mol. The van der Waals surface area contributed by atoms with E-state index in [4.69, 9.17) is 5.73 Å². The third-order valence-corrected chi connectivity index (χ3v) is 4.75. The molecule has 0 spiro atoms. The smallest absolute Gasteiger partial charge is 0.196 e. The van der Waals surface area contributed by atoms with Gasteiger partial charge >= 0.3 is 0 Å². The van der Waals surface area contributed by atoms with Crippen LogP contribution in [0.1, 0.15) is 6.42 Å². The SMILES string of the molecule is NC1=NCC(C2CCSC2)N1c1ccccc1. The lowest BCUT2D eigenvalue weighted by molar-refractivity contribution is 0.486. The second-order valence-electron chi connectivity index (χ2n) is 4.60. The molecule has 3 rings (SSSR count). The van der Waals surface area contributed by atoms with E-state index in [1.165, 1.54) is 23.6 Å². The van der Waals surface area contributed by atoms with E-state index in [0.717, 1.165) is 12.5 Å². The summed E-state index contributed by atoms with van der Waals surface area (Å²) in [5.41, 5.74) is 7.21. The average Bonchev–Trinajstić information content (AvgIpc) is 2.98. The number of nitrogens with two attached hydrogens (primary N) is 1. The highest BCUT2D eigenvalue weighted by Gasteiger charge is 2.35. The van der Waals surface area contributed by atoms with Gasteiger partial charge in [0.25, 0.3) is 0 Å². The lowest BCUT2D eigenvalue weighted by Crippen LogP contribution is -2.44. The molecule has 17 heavy (non-hydrogen) atoms. The fourth-order valence-electron chi connectivity index (χ4n) is 2.64. The van der Waals surface area contributed by atoms with Crippen LogP contribution in [0.15, 0.2) is 35.3 Å². The molecule has 3 nitrogen and oxygen atoms in total. The molecule has 0 aromatic heterocycles. The highest BCUT2D eigenvalue weighted by atomic mass is 32.2. The zero-order valence-corrected chi connectivity index (χ0v) is 10.6. The van der Waals surface area contributed by atoms with Gasteiger partial charge in [-0.3, -0.25) is 4.99 Å². The second-order valence-corrected chi connectivity index (χ2v) is 5.75. The molecule has 1 saturated heterocycles. The molecule has 2 N–H and O–H groups in total. The van der Waals surface area contributed by atoms with E-state index in [0.29, 0.717) is 12.0 Å². The predicted octanol–water partition coefficient (Wildman–Crippen LogP) is 1.94. The van der Waals surface area contributed by atoms with E-state index in [1.54, 1.807) is 0 Å². The maximum Gasteiger partial charge on any atom is 0.196 e. The molecule has 2 heterocycles. The Morgan fingerprint density at radius 3 is 2.82 bits per heavy atom. The van der Waals surface area contributed by atoms with Crippen molar-refractivity contribution in [2.75, 3.05) is 23.0 Å². The number of aliphatic imine (C=N–C) groups is 1. The minimum atomic E-state index is 0.465. The van der Waals surface area contributed by atoms with Gasteiger partial charge in [0.05, 0.1) is 12.6 Å². The van der Waals surface area contributed by atoms with Crippen LogP contribution in [0.4, 0.5) is 5.69 Å². The Morgan fingerprint density at radius 1 is 1.29 bits per heavy atom. The number of para-hydroxylation sites is 1. The molecule has 0 bridgehead atoms. The zero-order chi connectivity index (χ0) is 11.7. The maximum absolute atomic E-state index is 6.04. The van der Waals surface area contributed by atoms with Crippen molar-refractivity contribution in [3.63, 3.8) is 0 Å². The Hall–Kier alpha value is -1.16. The number of thioether (sulfide) groups is 1. The minimum Gasteiger partial charge on any atom is -0.370 e. The fraction of sp³-hybridized carbons (Fsp3) is 0.462. The van der Waals surface area contributed by atoms with Crippen LogP contribution in [0.25, 0.3) is 0 Å². The van der Waals surface area contributed by atoms with Crippen LogP contribution < -0.4 is 10.6 Å². The Balaban J connectivity index is 1.86. The van der Waals surface area contributed by atoms with E-state index >= 15 is 0 Å². The number of hydrogen-bond acceptors (Lipinski definition) is 4. The van der Waals surface area contributed by atoms with E-state index in [9.17, 15) is 0 Å². The Bertz CT molecular complexity index is 412. The van der Waals surface area contributed by atoms with Gasteiger partial charge in [0, 0.05) is 5.69 Å². The van der Waals surface area contributed by atoms with Crippen molar-refractivity contribution in [1.82, 2.24) is 0 Å². The Morgan fingerprint density at radius 2 is 2.12 bits per heavy atom. The van der Waals surface area contributed by atoms with Crippen LogP contribution in [0.5, 0.6) is 0 Å². The van der Waals surface area contributed by atoms with Crippen LogP contribution in [-0.4, -0.2) is 30.1 Å². The first-order valence-electron chi connectivity index (χ1n) is 6.08. The molecule has 1 aromatic rings. The van der Waals surface area contributed by atoms with Crippen LogP contribution in [-0.2, 0) is 0 Å². The molecule has 0 saturated carbocycles. The van der Waals surface area contributed by atoms with E-state index in [2.05, 4.69) is 34.2 Å². The molecule has 0 radical (unpaired) electrons. The first-order valence-corrected chi connectivity index (χ1v) is 7.23. The fourth-order valence-corrected chi connectivity index (χ4v) is 3.97. The quantitative estimate of drug-likeness (QED) is 0.868. The molecule has 0 aliphatic carbocycles. The zero-order valence-electron chi connectivity index (χ0n) is 9.75. The molecule has 2 unspecified atom stereocenters. The van der Waals surface area contributed by atoms with Gasteiger partial charge in [0.1, 0.15) is 0 Å². The standard InChI is InChI=1S/C13H17N3S/c14-13-15-8-12(10-6-7-17-9-10)16(13)11-4-2-1-3-5-11/h1-5,10,12H,6-9H2,(H2,14,15). The topological polar surface area (TPSA) is 41.6 Å². The summed E-state index contributed by atoms with van der Waals surface area (Å²) in [4.78, 5) is 6.65. The summed E-state index contributed by atoms with van der Waals surface area (Å²) in [6.45, 7) is 0.853. The van der Waals surface area contributed by atoms with Crippen molar-refractivity contribution in [3.8, 4) is 0 Å². The summed E-state index contributed by atoms with van der Waals surface area (Å²) in [6, 6.07) is 10.8. The molecular formula is C13H17N3S. The van der Waals surface area contributed by atoms with Gasteiger partial charge < -0.3 is 10.6 Å². The third kappa shape index (κ3) is 2.02. The van der Waals surface area contributed by atoms with E-state index < -0.39 is 0 Å². The summed E-state index contributed by atoms with van der Waals surface area (Å²) in [5.74, 6) is 3.93. The van der Waals surface area contributed by atoms with Crippen molar-refractivity contribution < 1.29 is 0 Å².